The van der Waals surface area contributed by atoms with Crippen molar-refractivity contribution in [3.63, 3.8) is 0 Å². The van der Waals surface area contributed by atoms with E-state index in [9.17, 15) is 15.0 Å². The van der Waals surface area contributed by atoms with Gasteiger partial charge < -0.3 is 15.5 Å². The van der Waals surface area contributed by atoms with Crippen LogP contribution in [0.2, 0.25) is 0 Å². The number of nitrogens with one attached hydrogen (secondary N) is 1. The zero-order valence-corrected chi connectivity index (χ0v) is 12.4. The van der Waals surface area contributed by atoms with Crippen LogP contribution in [-0.2, 0) is 11.2 Å². The van der Waals surface area contributed by atoms with Gasteiger partial charge in [0.15, 0.2) is 0 Å². The number of hydrogen-bond acceptors (Lipinski definition) is 3. The molecule has 1 aromatic rings. The molecule has 1 saturated carbocycles. The van der Waals surface area contributed by atoms with Crippen molar-refractivity contribution < 1.29 is 15.0 Å². The maximum atomic E-state index is 12.1. The van der Waals surface area contributed by atoms with Gasteiger partial charge in [0.1, 0.15) is 5.75 Å². The second-order valence-corrected chi connectivity index (χ2v) is 6.03. The van der Waals surface area contributed by atoms with Crippen molar-refractivity contribution >= 4 is 5.91 Å². The third kappa shape index (κ3) is 5.38. The number of benzene rings is 1. The molecule has 0 aliphatic heterocycles. The van der Waals surface area contributed by atoms with Crippen molar-refractivity contribution in [2.24, 2.45) is 5.92 Å². The third-order valence-electron chi connectivity index (χ3n) is 4.20. The summed E-state index contributed by atoms with van der Waals surface area (Å²) in [5.74, 6) is 0.770. The summed E-state index contributed by atoms with van der Waals surface area (Å²) in [6, 6.07) is 6.60. The highest BCUT2D eigenvalue weighted by atomic mass is 16.3. The van der Waals surface area contributed by atoms with E-state index >= 15 is 0 Å². The molecule has 0 radical (unpaired) electrons. The summed E-state index contributed by atoms with van der Waals surface area (Å²) < 4.78 is 0. The zero-order valence-electron chi connectivity index (χ0n) is 12.4. The maximum absolute atomic E-state index is 12.1. The number of phenols is 1. The normalized spacial score (nSPS) is 17.4. The minimum Gasteiger partial charge on any atom is -0.508 e. The van der Waals surface area contributed by atoms with Gasteiger partial charge in [-0.05, 0) is 42.9 Å². The molecule has 1 amide bonds. The predicted octanol–water partition coefficient (Wildman–Crippen LogP) is 2.38. The summed E-state index contributed by atoms with van der Waals surface area (Å²) >= 11 is 0. The van der Waals surface area contributed by atoms with E-state index in [-0.39, 0.29) is 24.3 Å². The third-order valence-corrected chi connectivity index (χ3v) is 4.20. The molecule has 3 N–H and O–H groups in total. The molecular weight excluding hydrogens is 266 g/mol. The number of hydrogen-bond donors (Lipinski definition) is 3. The topological polar surface area (TPSA) is 69.6 Å². The molecule has 4 nitrogen and oxygen atoms in total. The molecule has 1 aliphatic rings. The molecule has 1 atom stereocenters. The fraction of sp³-hybridized carbons (Fsp3) is 0.588. The van der Waals surface area contributed by atoms with Gasteiger partial charge in [-0.25, -0.2) is 0 Å². The Morgan fingerprint density at radius 1 is 1.19 bits per heavy atom. The Morgan fingerprint density at radius 3 is 2.48 bits per heavy atom. The second-order valence-electron chi connectivity index (χ2n) is 6.03. The Kier molecular flexibility index (Phi) is 6.05. The van der Waals surface area contributed by atoms with Crippen LogP contribution in [-0.4, -0.2) is 28.8 Å². The molecule has 1 fully saturated rings. The molecule has 0 unspecified atom stereocenters. The maximum Gasteiger partial charge on any atom is 0.220 e. The van der Waals surface area contributed by atoms with Crippen LogP contribution in [0.25, 0.3) is 0 Å². The first-order valence-corrected chi connectivity index (χ1v) is 7.85. The summed E-state index contributed by atoms with van der Waals surface area (Å²) in [4.78, 5) is 12.1. The lowest BCUT2D eigenvalue weighted by molar-refractivity contribution is -0.123. The average Bonchev–Trinajstić information content (AvgIpc) is 2.49. The minimum absolute atomic E-state index is 0.0414. The van der Waals surface area contributed by atoms with E-state index in [1.165, 1.54) is 19.3 Å². The minimum atomic E-state index is -0.259. The second kappa shape index (κ2) is 8.03. The SMILES string of the molecule is O=C(CC1CCCCC1)N[C@H](CO)Cc1ccc(O)cc1. The Labute approximate surface area is 126 Å². The lowest BCUT2D eigenvalue weighted by Gasteiger charge is -2.22. The van der Waals surface area contributed by atoms with E-state index in [2.05, 4.69) is 5.32 Å². The first-order chi connectivity index (χ1) is 10.2. The summed E-state index contributed by atoms with van der Waals surface area (Å²) in [7, 11) is 0. The van der Waals surface area contributed by atoms with Gasteiger partial charge >= 0.3 is 0 Å². The van der Waals surface area contributed by atoms with Gasteiger partial charge in [-0.15, -0.1) is 0 Å². The van der Waals surface area contributed by atoms with Crippen LogP contribution in [0.5, 0.6) is 5.75 Å². The number of aliphatic hydroxyl groups is 1. The summed E-state index contributed by atoms with van der Waals surface area (Å²) in [6.45, 7) is -0.0721. The molecule has 4 heteroatoms. The smallest absolute Gasteiger partial charge is 0.220 e. The van der Waals surface area contributed by atoms with Gasteiger partial charge in [-0.1, -0.05) is 31.4 Å². The van der Waals surface area contributed by atoms with Gasteiger partial charge in [-0.3, -0.25) is 4.79 Å². The Balaban J connectivity index is 1.80. The van der Waals surface area contributed by atoms with Crippen molar-refractivity contribution in [1.82, 2.24) is 5.32 Å². The summed E-state index contributed by atoms with van der Waals surface area (Å²) in [6.07, 6.45) is 7.20. The van der Waals surface area contributed by atoms with Gasteiger partial charge in [0.25, 0.3) is 0 Å². The van der Waals surface area contributed by atoms with Crippen LogP contribution in [0.3, 0.4) is 0 Å². The molecule has 0 aromatic heterocycles. The number of carbonyl (C=O) groups excluding carboxylic acids is 1. The molecular formula is C17H25NO3. The van der Waals surface area contributed by atoms with Gasteiger partial charge in [0.2, 0.25) is 5.91 Å². The van der Waals surface area contributed by atoms with Gasteiger partial charge in [-0.2, -0.15) is 0 Å². The van der Waals surface area contributed by atoms with Crippen LogP contribution >= 0.6 is 0 Å². The zero-order chi connectivity index (χ0) is 15.1. The molecule has 116 valence electrons. The van der Waals surface area contributed by atoms with E-state index in [0.29, 0.717) is 18.8 Å². The van der Waals surface area contributed by atoms with E-state index in [1.54, 1.807) is 12.1 Å². The van der Waals surface area contributed by atoms with E-state index in [4.69, 9.17) is 0 Å². The van der Waals surface area contributed by atoms with Crippen LogP contribution in [0, 0.1) is 5.92 Å². The van der Waals surface area contributed by atoms with Crippen molar-refractivity contribution in [2.75, 3.05) is 6.61 Å². The number of aliphatic hydroxyl groups excluding tert-OH is 1. The fourth-order valence-corrected chi connectivity index (χ4v) is 3.02. The molecule has 21 heavy (non-hydrogen) atoms. The molecule has 0 saturated heterocycles. The van der Waals surface area contributed by atoms with Crippen LogP contribution in [0.4, 0.5) is 0 Å². The van der Waals surface area contributed by atoms with Gasteiger partial charge in [0, 0.05) is 6.42 Å². The highest BCUT2D eigenvalue weighted by molar-refractivity contribution is 5.76. The van der Waals surface area contributed by atoms with E-state index < -0.39 is 0 Å². The number of carbonyl (C=O) groups is 1. The Bertz CT molecular complexity index is 438. The van der Waals surface area contributed by atoms with Crippen LogP contribution in [0.15, 0.2) is 24.3 Å². The monoisotopic (exact) mass is 291 g/mol. The van der Waals surface area contributed by atoms with Crippen molar-refractivity contribution in [3.05, 3.63) is 29.8 Å². The number of phenolic OH excluding ortho intramolecular Hbond substituents is 1. The first-order valence-electron chi connectivity index (χ1n) is 7.85. The number of rotatable bonds is 6. The Hall–Kier alpha value is -1.55. The Morgan fingerprint density at radius 2 is 1.86 bits per heavy atom. The number of amides is 1. The lowest BCUT2D eigenvalue weighted by atomic mass is 9.87. The lowest BCUT2D eigenvalue weighted by Crippen LogP contribution is -2.39. The largest absolute Gasteiger partial charge is 0.508 e. The summed E-state index contributed by atoms with van der Waals surface area (Å²) in [5, 5.41) is 21.6. The quantitative estimate of drug-likeness (QED) is 0.753. The molecule has 0 spiro atoms. The molecule has 0 bridgehead atoms. The van der Waals surface area contributed by atoms with Crippen LogP contribution < -0.4 is 5.32 Å². The molecule has 1 aliphatic carbocycles. The van der Waals surface area contributed by atoms with Gasteiger partial charge in [0.05, 0.1) is 12.6 Å². The first kappa shape index (κ1) is 15.8. The highest BCUT2D eigenvalue weighted by Gasteiger charge is 2.19. The highest BCUT2D eigenvalue weighted by Crippen LogP contribution is 2.26. The average molecular weight is 291 g/mol. The predicted molar refractivity (Wildman–Crippen MR) is 82.0 cm³/mol. The van der Waals surface area contributed by atoms with Crippen molar-refractivity contribution in [1.29, 1.82) is 0 Å². The van der Waals surface area contributed by atoms with Crippen molar-refractivity contribution in [2.45, 2.75) is 51.0 Å². The molecule has 1 aromatic carbocycles. The molecule has 0 heterocycles. The van der Waals surface area contributed by atoms with E-state index in [1.807, 2.05) is 12.1 Å². The van der Waals surface area contributed by atoms with Crippen molar-refractivity contribution in [3.8, 4) is 5.75 Å². The number of aromatic hydroxyl groups is 1. The van der Waals surface area contributed by atoms with Crippen LogP contribution in [0.1, 0.15) is 44.1 Å². The van der Waals surface area contributed by atoms with E-state index in [0.717, 1.165) is 18.4 Å². The summed E-state index contributed by atoms with van der Waals surface area (Å²) in [5.41, 5.74) is 0.991. The molecule has 2 rings (SSSR count). The standard InChI is InChI=1S/C17H25NO3/c19-12-15(10-14-6-8-16(20)9-7-14)18-17(21)11-13-4-2-1-3-5-13/h6-9,13,15,19-20H,1-5,10-12H2,(H,18,21)/t15-/m0/s1. The fourth-order valence-electron chi connectivity index (χ4n) is 3.02.